The molecule has 1 aromatic heterocycles. The Hall–Kier alpha value is -6.13. The number of rotatable bonds is 17. The van der Waals surface area contributed by atoms with Crippen LogP contribution in [0.2, 0.25) is 0 Å². The minimum atomic E-state index is -2.06. The first-order valence-corrected chi connectivity index (χ1v) is 24.9. The van der Waals surface area contributed by atoms with Gasteiger partial charge in [0.15, 0.2) is 6.23 Å². The van der Waals surface area contributed by atoms with Crippen LogP contribution in [0.3, 0.4) is 0 Å². The van der Waals surface area contributed by atoms with Crippen LogP contribution in [0.5, 0.6) is 11.5 Å². The van der Waals surface area contributed by atoms with Gasteiger partial charge in [0.1, 0.15) is 46.0 Å². The fourth-order valence-electron chi connectivity index (χ4n) is 8.84. The van der Waals surface area contributed by atoms with Crippen molar-refractivity contribution in [1.82, 2.24) is 24.4 Å². The van der Waals surface area contributed by atoms with Crippen molar-refractivity contribution in [3.8, 4) is 17.6 Å². The number of methoxy groups -OCH3 is 2. The molecule has 2 N–H and O–H groups in total. The molecule has 388 valence electrons. The molecule has 2 aliphatic heterocycles. The van der Waals surface area contributed by atoms with E-state index in [-0.39, 0.29) is 49.8 Å². The van der Waals surface area contributed by atoms with Gasteiger partial charge in [0.2, 0.25) is 5.96 Å². The second-order valence-corrected chi connectivity index (χ2v) is 21.5. The Labute approximate surface area is 422 Å². The number of hydrogen-bond donors (Lipinski definition) is 2. The third-order valence-corrected chi connectivity index (χ3v) is 13.9. The first-order valence-electron chi connectivity index (χ1n) is 23.8. The molecule has 2 aliphatic rings. The Kier molecular flexibility index (Phi) is 17.4. The van der Waals surface area contributed by atoms with Gasteiger partial charge >= 0.3 is 17.9 Å². The van der Waals surface area contributed by atoms with E-state index < -0.39 is 72.7 Å². The van der Waals surface area contributed by atoms with Gasteiger partial charge in [-0.3, -0.25) is 19.7 Å². The highest BCUT2D eigenvalue weighted by Crippen LogP contribution is 2.57. The van der Waals surface area contributed by atoms with Crippen LogP contribution in [0.25, 0.3) is 0 Å². The van der Waals surface area contributed by atoms with E-state index in [0.29, 0.717) is 22.6 Å². The molecule has 3 heterocycles. The van der Waals surface area contributed by atoms with Gasteiger partial charge in [-0.25, -0.2) is 19.1 Å². The summed E-state index contributed by atoms with van der Waals surface area (Å²) >= 11 is 0. The first kappa shape index (κ1) is 55.2. The number of likely N-dealkylation sites (tertiary alicyclic amines) is 1. The first-order chi connectivity index (χ1) is 33.9. The summed E-state index contributed by atoms with van der Waals surface area (Å²) in [5.74, 6) is 0.916. The molecule has 2 amide bonds. The summed E-state index contributed by atoms with van der Waals surface area (Å²) in [5, 5.41) is 12.4. The van der Waals surface area contributed by atoms with Crippen molar-refractivity contribution in [3.05, 3.63) is 128 Å². The Morgan fingerprint density at radius 3 is 1.96 bits per heavy atom. The van der Waals surface area contributed by atoms with E-state index in [9.17, 15) is 24.4 Å². The van der Waals surface area contributed by atoms with Crippen molar-refractivity contribution in [2.45, 2.75) is 135 Å². The maximum atomic E-state index is 14.1. The van der Waals surface area contributed by atoms with Crippen molar-refractivity contribution in [1.29, 1.82) is 5.26 Å². The maximum Gasteiger partial charge on any atom is 0.437 e. The number of guanidine groups is 1. The van der Waals surface area contributed by atoms with E-state index >= 15 is 0 Å². The number of aliphatic imine (C=N–C) groups is 1. The zero-order valence-electron chi connectivity index (χ0n) is 43.4. The van der Waals surface area contributed by atoms with E-state index in [1.807, 2.05) is 111 Å². The van der Waals surface area contributed by atoms with Gasteiger partial charge in [0, 0.05) is 23.8 Å². The molecule has 0 radical (unpaired) electrons. The summed E-state index contributed by atoms with van der Waals surface area (Å²) in [6.45, 7) is 19.2. The average molecular weight is 1010 g/mol. The smallest absolute Gasteiger partial charge is 0.437 e. The number of carbonyl (C=O) groups excluding carboxylic acids is 2. The van der Waals surface area contributed by atoms with Crippen molar-refractivity contribution >= 4 is 26.7 Å². The normalized spacial score (nSPS) is 19.6. The molecule has 19 nitrogen and oxygen atoms in total. The third-order valence-electron chi connectivity index (χ3n) is 11.7. The molecule has 1 unspecified atom stereocenters. The van der Waals surface area contributed by atoms with Crippen LogP contribution in [0.4, 0.5) is 9.59 Å². The van der Waals surface area contributed by atoms with Crippen LogP contribution in [0, 0.1) is 18.3 Å². The van der Waals surface area contributed by atoms with Crippen molar-refractivity contribution in [2.75, 3.05) is 34.0 Å². The molecule has 4 aromatic rings. The van der Waals surface area contributed by atoms with Gasteiger partial charge in [0.05, 0.1) is 46.5 Å². The van der Waals surface area contributed by atoms with Crippen LogP contribution in [-0.4, -0.2) is 112 Å². The number of amides is 2. The average Bonchev–Trinajstić information content (AvgIpc) is 3.78. The SMILES string of the molecule is COc1ccc(C(OC[C@@]23CN(/C(=N/C(=O)OC(C)(C)C)NC(=O)OC(C)(C)C)[C@@H]([C@H](n4cc(C)c(=O)[nH]c4=O)O2)[C@@H]3OP(OCCC#N)N(C(C)C)C(C)C)(c2ccccc2)c2ccc(OC)cc2)cc1. The van der Waals surface area contributed by atoms with Gasteiger partial charge in [-0.05, 0) is 117 Å². The van der Waals surface area contributed by atoms with Crippen LogP contribution in [0.15, 0.2) is 99.6 Å². The largest absolute Gasteiger partial charge is 0.497 e. The minimum Gasteiger partial charge on any atom is -0.497 e. The number of nitrogens with one attached hydrogen (secondary N) is 2. The fraction of sp³-hybridized carbons (Fsp3) is 0.500. The number of benzene rings is 3. The molecule has 3 aromatic carbocycles. The molecule has 0 spiro atoms. The molecule has 2 saturated heterocycles. The van der Waals surface area contributed by atoms with E-state index in [2.05, 4.69) is 21.4 Å². The number of carbonyl (C=O) groups is 2. The number of fused-ring (bicyclic) bond motifs is 2. The number of aromatic amines is 1. The quantitative estimate of drug-likeness (QED) is 0.0334. The molecular formula is C52H68N7O12P. The Morgan fingerprint density at radius 1 is 0.889 bits per heavy atom. The second-order valence-electron chi connectivity index (χ2n) is 20.1. The lowest BCUT2D eigenvalue weighted by Crippen LogP contribution is -2.56. The minimum absolute atomic E-state index is 0.0171. The number of aryl methyl sites for hydroxylation is 1. The highest BCUT2D eigenvalue weighted by molar-refractivity contribution is 7.44. The Morgan fingerprint density at radius 2 is 1.44 bits per heavy atom. The molecule has 0 saturated carbocycles. The lowest BCUT2D eigenvalue weighted by molar-refractivity contribution is -0.171. The molecule has 6 rings (SSSR count). The Balaban J connectivity index is 1.67. The predicted molar refractivity (Wildman–Crippen MR) is 271 cm³/mol. The monoisotopic (exact) mass is 1010 g/mol. The topological polar surface area (TPSA) is 217 Å². The molecular weight excluding hydrogens is 946 g/mol. The number of H-pyrrole nitrogens is 1. The number of nitrogens with zero attached hydrogens (tertiary/aromatic N) is 5. The number of ether oxygens (including phenoxy) is 6. The third kappa shape index (κ3) is 12.5. The van der Waals surface area contributed by atoms with Gasteiger partial charge in [0.25, 0.3) is 14.1 Å². The Bertz CT molecular complexity index is 2640. The zero-order chi connectivity index (χ0) is 52.8. The van der Waals surface area contributed by atoms with Gasteiger partial charge < -0.3 is 42.4 Å². The van der Waals surface area contributed by atoms with E-state index in [4.69, 9.17) is 37.5 Å². The lowest BCUT2D eigenvalue weighted by Gasteiger charge is -2.42. The molecule has 2 fully saturated rings. The van der Waals surface area contributed by atoms with E-state index in [1.54, 1.807) is 67.6 Å². The summed E-state index contributed by atoms with van der Waals surface area (Å²) in [6, 6.07) is 25.3. The van der Waals surface area contributed by atoms with Crippen LogP contribution >= 0.6 is 8.53 Å². The van der Waals surface area contributed by atoms with Crippen molar-refractivity contribution in [3.63, 3.8) is 0 Å². The maximum absolute atomic E-state index is 14.1. The molecule has 20 heteroatoms. The molecule has 5 atom stereocenters. The van der Waals surface area contributed by atoms with E-state index in [1.165, 1.54) is 10.8 Å². The summed E-state index contributed by atoms with van der Waals surface area (Å²) in [6.07, 6.45) is -3.02. The highest BCUT2D eigenvalue weighted by atomic mass is 31.2. The standard InChI is InChI=1S/C52H68N7O12P/c1-33(2)59(34(3)4)72(67-29-17-28-53)71-42-41-44(57-30-35(5)43(60)54-46(57)61)68-51(42,31-58(41)45(55-47(62)69-49(6,7)8)56-48(63)70-50(9,10)11)32-66-52(36-18-15-14-16-19-36,37-20-24-39(64-12)25-21-37)38-22-26-40(65-13)27-23-38/h14-16,18-27,30,33-34,41-42,44H,17,29,31-32H2,1-13H3,(H,54,60,61)(H,55,56,62,63)/t41-,42+,44-,51-,72?/m1/s1. The summed E-state index contributed by atoms with van der Waals surface area (Å²) in [7, 11) is 1.10. The lowest BCUT2D eigenvalue weighted by atomic mass is 9.79. The number of morpholine rings is 1. The summed E-state index contributed by atoms with van der Waals surface area (Å²) in [4.78, 5) is 63.2. The molecule has 0 aliphatic carbocycles. The summed E-state index contributed by atoms with van der Waals surface area (Å²) in [5.41, 5.74) is -4.12. The second kappa shape index (κ2) is 22.7. The van der Waals surface area contributed by atoms with E-state index in [0.717, 1.165) is 5.56 Å². The van der Waals surface area contributed by atoms with Crippen molar-refractivity contribution < 1.29 is 47.1 Å². The number of hydrogen-bond acceptors (Lipinski definition) is 14. The fourth-order valence-corrected chi connectivity index (χ4v) is 10.7. The molecule has 72 heavy (non-hydrogen) atoms. The number of nitriles is 1. The predicted octanol–water partition coefficient (Wildman–Crippen LogP) is 8.30. The number of aromatic nitrogens is 2. The zero-order valence-corrected chi connectivity index (χ0v) is 44.3. The van der Waals surface area contributed by atoms with Crippen LogP contribution in [0.1, 0.15) is 104 Å². The van der Waals surface area contributed by atoms with Crippen LogP contribution < -0.4 is 26.0 Å². The van der Waals surface area contributed by atoms with Gasteiger partial charge in [-0.2, -0.15) is 5.26 Å². The van der Waals surface area contributed by atoms with Crippen LogP contribution in [-0.2, 0) is 33.6 Å². The highest BCUT2D eigenvalue weighted by Gasteiger charge is 2.68. The summed E-state index contributed by atoms with van der Waals surface area (Å²) < 4.78 is 54.6. The van der Waals surface area contributed by atoms with Gasteiger partial charge in [-0.1, -0.05) is 54.6 Å². The van der Waals surface area contributed by atoms with Crippen molar-refractivity contribution in [2.24, 2.45) is 4.99 Å². The molecule has 2 bridgehead atoms. The number of alkyl carbamates (subject to hydrolysis) is 1. The van der Waals surface area contributed by atoms with Gasteiger partial charge in [-0.15, -0.1) is 4.99 Å².